The third kappa shape index (κ3) is 5.15. The first kappa shape index (κ1) is 14.6. The van der Waals surface area contributed by atoms with Gasteiger partial charge in [-0.15, -0.1) is 0 Å². The molecule has 2 unspecified atom stereocenters. The lowest BCUT2D eigenvalue weighted by Crippen LogP contribution is -2.15. The van der Waals surface area contributed by atoms with Crippen molar-refractivity contribution < 1.29 is 14.2 Å². The van der Waals surface area contributed by atoms with Gasteiger partial charge in [0.05, 0.1) is 12.2 Å². The first-order valence-corrected chi connectivity index (χ1v) is 6.47. The van der Waals surface area contributed by atoms with Crippen molar-refractivity contribution in [2.45, 2.75) is 38.4 Å². The van der Waals surface area contributed by atoms with Crippen molar-refractivity contribution in [2.75, 3.05) is 7.11 Å². The zero-order valence-corrected chi connectivity index (χ0v) is 11.7. The molecule has 17 heavy (non-hydrogen) atoms. The molecule has 0 saturated heterocycles. The molecule has 4 heteroatoms. The molecule has 1 rings (SSSR count). The molecule has 0 radical (unpaired) electrons. The van der Waals surface area contributed by atoms with Crippen LogP contribution in [0.15, 0.2) is 22.7 Å². The molecule has 0 bridgehead atoms. The molecule has 0 heterocycles. The summed E-state index contributed by atoms with van der Waals surface area (Å²) in [6, 6.07) is 4.51. The first-order chi connectivity index (χ1) is 8.02. The van der Waals surface area contributed by atoms with Crippen LogP contribution in [0.25, 0.3) is 0 Å². The van der Waals surface area contributed by atoms with Crippen LogP contribution in [0.3, 0.4) is 0 Å². The lowest BCUT2D eigenvalue weighted by atomic mass is 10.0. The molecule has 1 aromatic rings. The number of halogens is 2. The van der Waals surface area contributed by atoms with E-state index in [9.17, 15) is 9.50 Å². The lowest BCUT2D eigenvalue weighted by molar-refractivity contribution is 0.0851. The predicted molar refractivity (Wildman–Crippen MR) is 69.5 cm³/mol. The van der Waals surface area contributed by atoms with Gasteiger partial charge in [-0.3, -0.25) is 0 Å². The number of benzene rings is 1. The van der Waals surface area contributed by atoms with Crippen LogP contribution in [0.4, 0.5) is 4.39 Å². The highest BCUT2D eigenvalue weighted by molar-refractivity contribution is 9.10. The zero-order valence-electron chi connectivity index (χ0n) is 10.1. The molecule has 2 nitrogen and oxygen atoms in total. The van der Waals surface area contributed by atoms with Crippen molar-refractivity contribution in [1.82, 2.24) is 0 Å². The average molecular weight is 305 g/mol. The molecule has 0 aliphatic rings. The summed E-state index contributed by atoms with van der Waals surface area (Å²) >= 11 is 3.35. The molecule has 0 aliphatic heterocycles. The molecule has 0 aliphatic carbocycles. The van der Waals surface area contributed by atoms with Crippen LogP contribution >= 0.6 is 15.9 Å². The summed E-state index contributed by atoms with van der Waals surface area (Å²) in [4.78, 5) is 0. The van der Waals surface area contributed by atoms with Gasteiger partial charge in [0.2, 0.25) is 0 Å². The van der Waals surface area contributed by atoms with E-state index in [1.54, 1.807) is 13.2 Å². The number of hydrogen-bond donors (Lipinski definition) is 1. The fourth-order valence-corrected chi connectivity index (χ4v) is 2.01. The Morgan fingerprint density at radius 1 is 1.41 bits per heavy atom. The second kappa shape index (κ2) is 7.09. The summed E-state index contributed by atoms with van der Waals surface area (Å²) in [6.07, 6.45) is 1.57. The van der Waals surface area contributed by atoms with Crippen LogP contribution in [0, 0.1) is 5.82 Å². The van der Waals surface area contributed by atoms with E-state index < -0.39 is 6.10 Å². The van der Waals surface area contributed by atoms with Gasteiger partial charge in [-0.1, -0.05) is 15.9 Å². The largest absolute Gasteiger partial charge is 0.393 e. The second-order valence-corrected chi connectivity index (χ2v) is 5.07. The number of aliphatic hydroxyl groups excluding tert-OH is 1. The summed E-state index contributed by atoms with van der Waals surface area (Å²) in [5.41, 5.74) is 0.794. The Morgan fingerprint density at radius 3 is 2.76 bits per heavy atom. The Bertz CT molecular complexity index is 357. The first-order valence-electron chi connectivity index (χ1n) is 5.67. The topological polar surface area (TPSA) is 29.5 Å². The standard InChI is InChI=1S/C13H18BrFO2/c1-9(17-2)3-5-12(16)8-10-7-11(15)4-6-13(10)14/h4,6-7,9,12,16H,3,5,8H2,1-2H3. The van der Waals surface area contributed by atoms with E-state index in [4.69, 9.17) is 4.74 Å². The van der Waals surface area contributed by atoms with E-state index in [2.05, 4.69) is 15.9 Å². The maximum absolute atomic E-state index is 13.0. The molecule has 0 aromatic heterocycles. The summed E-state index contributed by atoms with van der Waals surface area (Å²) < 4.78 is 19.0. The van der Waals surface area contributed by atoms with Gasteiger partial charge in [-0.05, 0) is 49.9 Å². The third-order valence-electron chi connectivity index (χ3n) is 2.77. The molecule has 96 valence electrons. The maximum atomic E-state index is 13.0. The fraction of sp³-hybridized carbons (Fsp3) is 0.538. The highest BCUT2D eigenvalue weighted by Crippen LogP contribution is 2.20. The van der Waals surface area contributed by atoms with E-state index in [0.717, 1.165) is 16.5 Å². The Hall–Kier alpha value is -0.450. The number of aliphatic hydroxyl groups is 1. The van der Waals surface area contributed by atoms with Crippen molar-refractivity contribution in [3.8, 4) is 0 Å². The SMILES string of the molecule is COC(C)CCC(O)Cc1cc(F)ccc1Br. The van der Waals surface area contributed by atoms with Gasteiger partial charge in [0.25, 0.3) is 0 Å². The van der Waals surface area contributed by atoms with Crippen LogP contribution in [0.5, 0.6) is 0 Å². The molecule has 0 fully saturated rings. The van der Waals surface area contributed by atoms with Crippen LogP contribution in [0.2, 0.25) is 0 Å². The molecule has 2 atom stereocenters. The van der Waals surface area contributed by atoms with Crippen LogP contribution < -0.4 is 0 Å². The molecule has 0 spiro atoms. The van der Waals surface area contributed by atoms with E-state index in [1.165, 1.54) is 12.1 Å². The van der Waals surface area contributed by atoms with E-state index >= 15 is 0 Å². The number of methoxy groups -OCH3 is 1. The molecule has 0 amide bonds. The smallest absolute Gasteiger partial charge is 0.123 e. The Morgan fingerprint density at radius 2 is 2.12 bits per heavy atom. The molecule has 1 N–H and O–H groups in total. The van der Waals surface area contributed by atoms with Crippen LogP contribution in [-0.2, 0) is 11.2 Å². The average Bonchev–Trinajstić information content (AvgIpc) is 2.30. The second-order valence-electron chi connectivity index (χ2n) is 4.22. The van der Waals surface area contributed by atoms with Gasteiger partial charge in [0, 0.05) is 11.6 Å². The van der Waals surface area contributed by atoms with Gasteiger partial charge < -0.3 is 9.84 Å². The lowest BCUT2D eigenvalue weighted by Gasteiger charge is -2.14. The summed E-state index contributed by atoms with van der Waals surface area (Å²) in [7, 11) is 1.65. The zero-order chi connectivity index (χ0) is 12.8. The maximum Gasteiger partial charge on any atom is 0.123 e. The Kier molecular flexibility index (Phi) is 6.09. The van der Waals surface area contributed by atoms with Gasteiger partial charge >= 0.3 is 0 Å². The van der Waals surface area contributed by atoms with E-state index in [-0.39, 0.29) is 11.9 Å². The van der Waals surface area contributed by atoms with Gasteiger partial charge in [-0.2, -0.15) is 0 Å². The van der Waals surface area contributed by atoms with Crippen molar-refractivity contribution in [3.05, 3.63) is 34.1 Å². The number of rotatable bonds is 6. The van der Waals surface area contributed by atoms with E-state index in [0.29, 0.717) is 12.8 Å². The molecular weight excluding hydrogens is 287 g/mol. The minimum absolute atomic E-state index is 0.139. The quantitative estimate of drug-likeness (QED) is 0.874. The normalized spacial score (nSPS) is 14.6. The number of hydrogen-bond acceptors (Lipinski definition) is 2. The van der Waals surface area contributed by atoms with Crippen molar-refractivity contribution in [1.29, 1.82) is 0 Å². The Balaban J connectivity index is 2.50. The van der Waals surface area contributed by atoms with Gasteiger partial charge in [0.15, 0.2) is 0 Å². The van der Waals surface area contributed by atoms with Crippen molar-refractivity contribution in [2.24, 2.45) is 0 Å². The molecular formula is C13H18BrFO2. The summed E-state index contributed by atoms with van der Waals surface area (Å²) in [5.74, 6) is -0.277. The summed E-state index contributed by atoms with van der Waals surface area (Å²) in [5, 5.41) is 9.86. The van der Waals surface area contributed by atoms with Crippen LogP contribution in [-0.4, -0.2) is 24.4 Å². The third-order valence-corrected chi connectivity index (χ3v) is 3.55. The number of ether oxygens (including phenoxy) is 1. The Labute approximate surface area is 110 Å². The van der Waals surface area contributed by atoms with Gasteiger partial charge in [0.1, 0.15) is 5.82 Å². The minimum atomic E-state index is -0.467. The fourth-order valence-electron chi connectivity index (χ4n) is 1.60. The summed E-state index contributed by atoms with van der Waals surface area (Å²) in [6.45, 7) is 1.96. The van der Waals surface area contributed by atoms with Crippen molar-refractivity contribution >= 4 is 15.9 Å². The van der Waals surface area contributed by atoms with Crippen molar-refractivity contribution in [3.63, 3.8) is 0 Å². The van der Waals surface area contributed by atoms with Crippen LogP contribution in [0.1, 0.15) is 25.3 Å². The van der Waals surface area contributed by atoms with E-state index in [1.807, 2.05) is 6.92 Å². The highest BCUT2D eigenvalue weighted by atomic mass is 79.9. The van der Waals surface area contributed by atoms with Gasteiger partial charge in [-0.25, -0.2) is 4.39 Å². The molecule has 0 saturated carbocycles. The minimum Gasteiger partial charge on any atom is -0.393 e. The highest BCUT2D eigenvalue weighted by Gasteiger charge is 2.11. The predicted octanol–water partition coefficient (Wildman–Crippen LogP) is 3.31. The monoisotopic (exact) mass is 304 g/mol. The molecule has 1 aromatic carbocycles.